The van der Waals surface area contributed by atoms with E-state index in [9.17, 15) is 19.1 Å². The molecule has 0 spiro atoms. The van der Waals surface area contributed by atoms with Crippen molar-refractivity contribution in [3.8, 4) is 5.75 Å². The fraction of sp³-hybridized carbons (Fsp3) is 0.115. The van der Waals surface area contributed by atoms with E-state index in [1.807, 2.05) is 0 Å². The monoisotopic (exact) mass is 458 g/mol. The number of nitrogens with zero attached hydrogens (tertiary/aromatic N) is 2. The van der Waals surface area contributed by atoms with Crippen LogP contribution in [0.15, 0.2) is 88.8 Å². The first-order valence-corrected chi connectivity index (χ1v) is 10.5. The number of fused-ring (bicyclic) bond motifs is 1. The largest absolute Gasteiger partial charge is 0.503 e. The fourth-order valence-corrected chi connectivity index (χ4v) is 4.17. The lowest BCUT2D eigenvalue weighted by atomic mass is 9.95. The lowest BCUT2D eigenvalue weighted by molar-refractivity contribution is -0.130. The number of ether oxygens (including phenoxy) is 1. The molecule has 0 saturated heterocycles. The van der Waals surface area contributed by atoms with Gasteiger partial charge < -0.3 is 19.2 Å². The average Bonchev–Trinajstić information content (AvgIpc) is 3.40. The molecule has 0 fully saturated rings. The number of halogens is 1. The molecular formula is C26H19FN2O5. The summed E-state index contributed by atoms with van der Waals surface area (Å²) in [5.74, 6) is -1.95. The lowest BCUT2D eigenvalue weighted by Crippen LogP contribution is -2.30. The Kier molecular flexibility index (Phi) is 5.33. The number of aliphatic hydroxyl groups excluding tert-OH is 1. The van der Waals surface area contributed by atoms with E-state index in [-0.39, 0.29) is 17.9 Å². The number of carbonyl (C=O) groups excluding carboxylic acids is 2. The van der Waals surface area contributed by atoms with Gasteiger partial charge >= 0.3 is 0 Å². The molecule has 1 aliphatic heterocycles. The summed E-state index contributed by atoms with van der Waals surface area (Å²) in [6.07, 6.45) is 3.08. The van der Waals surface area contributed by atoms with Crippen molar-refractivity contribution in [3.05, 3.63) is 107 Å². The highest BCUT2D eigenvalue weighted by Crippen LogP contribution is 2.40. The number of furan rings is 1. The molecule has 34 heavy (non-hydrogen) atoms. The zero-order valence-electron chi connectivity index (χ0n) is 18.1. The number of methoxy groups -OCH3 is 1. The van der Waals surface area contributed by atoms with Gasteiger partial charge in [-0.15, -0.1) is 0 Å². The second-order valence-corrected chi connectivity index (χ2v) is 7.82. The molecular weight excluding hydrogens is 439 g/mol. The van der Waals surface area contributed by atoms with Gasteiger partial charge in [0.15, 0.2) is 22.9 Å². The molecule has 3 heterocycles. The average molecular weight is 458 g/mol. The van der Waals surface area contributed by atoms with Crippen molar-refractivity contribution in [2.45, 2.75) is 12.6 Å². The first-order chi connectivity index (χ1) is 16.5. The maximum atomic E-state index is 13.6. The number of pyridine rings is 1. The highest BCUT2D eigenvalue weighted by molar-refractivity contribution is 6.16. The fourth-order valence-electron chi connectivity index (χ4n) is 4.17. The number of aromatic nitrogens is 1. The smallest absolute Gasteiger partial charge is 0.290 e. The quantitative estimate of drug-likeness (QED) is 0.419. The Labute approximate surface area is 193 Å². The Morgan fingerprint density at radius 1 is 1.15 bits per heavy atom. The second kappa shape index (κ2) is 8.47. The molecule has 4 aromatic rings. The molecule has 1 N–H and O–H groups in total. The highest BCUT2D eigenvalue weighted by Gasteiger charge is 2.44. The molecule has 8 heteroatoms. The molecule has 2 aromatic heterocycles. The first-order valence-electron chi connectivity index (χ1n) is 10.5. The summed E-state index contributed by atoms with van der Waals surface area (Å²) in [5, 5.41) is 11.5. The van der Waals surface area contributed by atoms with Crippen molar-refractivity contribution in [3.63, 3.8) is 0 Å². The van der Waals surface area contributed by atoms with Crippen LogP contribution in [0.5, 0.6) is 5.75 Å². The third kappa shape index (κ3) is 3.59. The summed E-state index contributed by atoms with van der Waals surface area (Å²) >= 11 is 0. The number of aliphatic hydroxyl groups is 1. The highest BCUT2D eigenvalue weighted by atomic mass is 19.1. The number of amides is 1. The predicted octanol–water partition coefficient (Wildman–Crippen LogP) is 4.75. The van der Waals surface area contributed by atoms with Crippen LogP contribution in [0, 0.1) is 5.82 Å². The number of hydrogen-bond acceptors (Lipinski definition) is 6. The zero-order valence-corrected chi connectivity index (χ0v) is 18.1. The van der Waals surface area contributed by atoms with E-state index in [2.05, 4.69) is 4.98 Å². The number of ketones is 1. The van der Waals surface area contributed by atoms with Gasteiger partial charge in [-0.1, -0.05) is 24.3 Å². The summed E-state index contributed by atoms with van der Waals surface area (Å²) < 4.78 is 24.5. The number of carbonyl (C=O) groups is 2. The van der Waals surface area contributed by atoms with Gasteiger partial charge in [0.05, 0.1) is 18.7 Å². The van der Waals surface area contributed by atoms with Gasteiger partial charge in [0, 0.05) is 24.3 Å². The summed E-state index contributed by atoms with van der Waals surface area (Å²) in [5.41, 5.74) is 1.52. The topological polar surface area (TPSA) is 92.9 Å². The Balaban J connectivity index is 1.59. The van der Waals surface area contributed by atoms with Crippen molar-refractivity contribution in [1.29, 1.82) is 0 Å². The van der Waals surface area contributed by atoms with Gasteiger partial charge in [-0.2, -0.15) is 0 Å². The van der Waals surface area contributed by atoms with Crippen LogP contribution in [-0.4, -0.2) is 33.8 Å². The summed E-state index contributed by atoms with van der Waals surface area (Å²) in [4.78, 5) is 32.1. The van der Waals surface area contributed by atoms with Crippen molar-refractivity contribution in [1.82, 2.24) is 9.88 Å². The van der Waals surface area contributed by atoms with Crippen LogP contribution < -0.4 is 4.74 Å². The number of hydrogen-bond donors (Lipinski definition) is 1. The summed E-state index contributed by atoms with van der Waals surface area (Å²) in [7, 11) is 1.50. The van der Waals surface area contributed by atoms with Crippen LogP contribution >= 0.6 is 0 Å². The van der Waals surface area contributed by atoms with E-state index in [0.717, 1.165) is 0 Å². The molecule has 0 radical (unpaired) electrons. The van der Waals surface area contributed by atoms with Gasteiger partial charge in [-0.25, -0.2) is 4.39 Å². The van der Waals surface area contributed by atoms with E-state index in [4.69, 9.17) is 9.15 Å². The number of para-hydroxylation sites is 1. The minimum atomic E-state index is -0.886. The van der Waals surface area contributed by atoms with Gasteiger partial charge in [-0.05, 0) is 47.5 Å². The van der Waals surface area contributed by atoms with Crippen LogP contribution in [0.3, 0.4) is 0 Å². The van der Waals surface area contributed by atoms with Crippen LogP contribution in [-0.2, 0) is 11.3 Å². The Bertz CT molecular complexity index is 1430. The van der Waals surface area contributed by atoms with Gasteiger partial charge in [0.1, 0.15) is 5.82 Å². The zero-order chi connectivity index (χ0) is 23.8. The molecule has 1 aliphatic rings. The van der Waals surface area contributed by atoms with Crippen molar-refractivity contribution in [2.75, 3.05) is 7.11 Å². The molecule has 7 nitrogen and oxygen atoms in total. The Morgan fingerprint density at radius 2 is 1.88 bits per heavy atom. The van der Waals surface area contributed by atoms with Crippen LogP contribution in [0.2, 0.25) is 0 Å². The van der Waals surface area contributed by atoms with Crippen molar-refractivity contribution < 1.29 is 28.2 Å². The van der Waals surface area contributed by atoms with Crippen molar-refractivity contribution >= 4 is 22.7 Å². The molecule has 0 saturated carbocycles. The van der Waals surface area contributed by atoms with E-state index in [1.165, 1.54) is 24.1 Å². The summed E-state index contributed by atoms with van der Waals surface area (Å²) in [6.45, 7) is 0.0564. The van der Waals surface area contributed by atoms with Crippen LogP contribution in [0.1, 0.15) is 27.7 Å². The maximum Gasteiger partial charge on any atom is 0.290 e. The number of benzene rings is 2. The third-order valence-electron chi connectivity index (χ3n) is 5.79. The van der Waals surface area contributed by atoms with Crippen LogP contribution in [0.25, 0.3) is 11.0 Å². The third-order valence-corrected chi connectivity index (χ3v) is 5.79. The second-order valence-electron chi connectivity index (χ2n) is 7.82. The van der Waals surface area contributed by atoms with Gasteiger partial charge in [-0.3, -0.25) is 14.6 Å². The number of rotatable bonds is 6. The van der Waals surface area contributed by atoms with E-state index in [1.54, 1.807) is 60.9 Å². The molecule has 5 rings (SSSR count). The molecule has 0 bridgehead atoms. The molecule has 1 amide bonds. The molecule has 2 aromatic carbocycles. The molecule has 0 aliphatic carbocycles. The molecule has 170 valence electrons. The van der Waals surface area contributed by atoms with Crippen molar-refractivity contribution in [2.24, 2.45) is 0 Å². The van der Waals surface area contributed by atoms with Crippen LogP contribution in [0.4, 0.5) is 4.39 Å². The molecule has 1 atom stereocenters. The molecule has 1 unspecified atom stereocenters. The SMILES string of the molecule is COc1cccc2cc(C(=O)C3=C(O)C(=O)N(Cc4ccc(F)cc4)C3c3ccncc3)oc12. The Morgan fingerprint density at radius 3 is 2.59 bits per heavy atom. The summed E-state index contributed by atoms with van der Waals surface area (Å²) in [6, 6.07) is 14.9. The maximum absolute atomic E-state index is 13.6. The lowest BCUT2D eigenvalue weighted by Gasteiger charge is -2.26. The first kappa shape index (κ1) is 21.4. The van der Waals surface area contributed by atoms with E-state index in [0.29, 0.717) is 27.8 Å². The normalized spacial score (nSPS) is 15.9. The Hall–Kier alpha value is -4.46. The predicted molar refractivity (Wildman–Crippen MR) is 121 cm³/mol. The van der Waals surface area contributed by atoms with Gasteiger partial charge in [0.2, 0.25) is 5.78 Å². The minimum Gasteiger partial charge on any atom is -0.503 e. The standard InChI is InChI=1S/C26H19FN2O5/c1-33-19-4-2-3-17-13-20(34-25(17)19)23(30)21-22(16-9-11-28-12-10-16)29(26(32)24(21)31)14-15-5-7-18(27)8-6-15/h2-13,22,31H,14H2,1H3. The minimum absolute atomic E-state index is 0.0310. The van der Waals surface area contributed by atoms with E-state index < -0.39 is 29.3 Å². The van der Waals surface area contributed by atoms with Gasteiger partial charge in [0.25, 0.3) is 5.91 Å². The number of Topliss-reactive ketones (excluding diaryl/α,β-unsaturated/α-hetero) is 1. The van der Waals surface area contributed by atoms with E-state index >= 15 is 0 Å².